The van der Waals surface area contributed by atoms with Gasteiger partial charge in [0.25, 0.3) is 5.85 Å². The Balaban J connectivity index is 1.34. The van der Waals surface area contributed by atoms with Gasteiger partial charge in [0.15, 0.2) is 6.17 Å². The van der Waals surface area contributed by atoms with Crippen LogP contribution in [0, 0.1) is 29.4 Å². The predicted molar refractivity (Wildman–Crippen MR) is 139 cm³/mol. The molecule has 0 aliphatic heterocycles. The Bertz CT molecular complexity index is 1050. The second kappa shape index (κ2) is 13.5. The van der Waals surface area contributed by atoms with E-state index in [1.54, 1.807) is 0 Å². The molecule has 1 aromatic carbocycles. The van der Waals surface area contributed by atoms with Crippen LogP contribution < -0.4 is 0 Å². The number of ether oxygens (including phenoxy) is 2. The minimum Gasteiger partial charge on any atom is -0.429 e. The molecule has 0 heterocycles. The van der Waals surface area contributed by atoms with Gasteiger partial charge in [0, 0.05) is 0 Å². The Morgan fingerprint density at radius 3 is 2.05 bits per heavy atom. The van der Waals surface area contributed by atoms with Crippen LogP contribution in [0.5, 0.6) is 0 Å². The molecule has 2 nitrogen and oxygen atoms in total. The summed E-state index contributed by atoms with van der Waals surface area (Å²) in [5.41, 5.74) is -1.37. The van der Waals surface area contributed by atoms with Gasteiger partial charge in [-0.25, -0.2) is 17.6 Å². The van der Waals surface area contributed by atoms with E-state index in [0.29, 0.717) is 36.3 Å². The molecule has 2 atom stereocenters. The maximum atomic E-state index is 14.9. The van der Waals surface area contributed by atoms with Gasteiger partial charge in [-0.2, -0.15) is 17.6 Å². The van der Waals surface area contributed by atoms with Crippen molar-refractivity contribution < 1.29 is 44.6 Å². The van der Waals surface area contributed by atoms with E-state index in [1.807, 2.05) is 0 Å². The van der Waals surface area contributed by atoms with Crippen molar-refractivity contribution in [3.63, 3.8) is 0 Å². The van der Waals surface area contributed by atoms with Gasteiger partial charge in [-0.05, 0) is 98.1 Å². The van der Waals surface area contributed by atoms with Crippen molar-refractivity contribution in [1.29, 1.82) is 0 Å². The SMILES string of the molecule is CCCCCC1CCC(C2CCC(c3cc(F)c(C(F)(F)OC4=CC(F)C(F)(OC(F)F)C=C4)c(F)c3)CC2)CC1. The molecule has 1 aromatic rings. The monoisotopic (exact) mass is 594 g/mol. The fourth-order valence-corrected chi connectivity index (χ4v) is 6.77. The number of unbranched alkanes of at least 4 members (excludes halogenated alkanes) is 2. The fourth-order valence-electron chi connectivity index (χ4n) is 6.77. The summed E-state index contributed by atoms with van der Waals surface area (Å²) in [6.45, 7) is -1.46. The summed E-state index contributed by atoms with van der Waals surface area (Å²) in [6, 6.07) is 1.77. The van der Waals surface area contributed by atoms with Gasteiger partial charge >= 0.3 is 12.7 Å². The van der Waals surface area contributed by atoms with E-state index in [0.717, 1.165) is 30.9 Å². The number of allylic oxidation sites excluding steroid dienone is 1. The van der Waals surface area contributed by atoms with Crippen molar-refractivity contribution in [3.8, 4) is 0 Å². The molecule has 230 valence electrons. The average molecular weight is 595 g/mol. The fraction of sp³-hybridized carbons (Fsp3) is 0.677. The summed E-state index contributed by atoms with van der Waals surface area (Å²) in [7, 11) is 0. The number of benzene rings is 1. The van der Waals surface area contributed by atoms with Crippen LogP contribution in [-0.2, 0) is 15.6 Å². The minimum absolute atomic E-state index is 0.137. The Hall–Kier alpha value is -2.10. The Morgan fingerprint density at radius 2 is 1.51 bits per heavy atom. The molecule has 0 N–H and O–H groups in total. The number of halogens is 8. The van der Waals surface area contributed by atoms with Crippen molar-refractivity contribution in [2.24, 2.45) is 17.8 Å². The minimum atomic E-state index is -4.59. The zero-order chi connectivity index (χ0) is 29.8. The van der Waals surface area contributed by atoms with Crippen molar-refractivity contribution >= 4 is 0 Å². The van der Waals surface area contributed by atoms with Gasteiger partial charge in [0.2, 0.25) is 0 Å². The molecule has 2 saturated carbocycles. The molecule has 0 saturated heterocycles. The number of hydrogen-bond acceptors (Lipinski definition) is 2. The van der Waals surface area contributed by atoms with E-state index in [1.165, 1.54) is 51.4 Å². The van der Waals surface area contributed by atoms with Crippen molar-refractivity contribution in [1.82, 2.24) is 0 Å². The van der Waals surface area contributed by atoms with Gasteiger partial charge in [0.1, 0.15) is 23.0 Å². The van der Waals surface area contributed by atoms with E-state index in [-0.39, 0.29) is 18.1 Å². The second-order valence-electron chi connectivity index (χ2n) is 11.7. The molecular formula is C31H38F8O2. The lowest BCUT2D eigenvalue weighted by atomic mass is 9.68. The second-order valence-corrected chi connectivity index (χ2v) is 11.7. The van der Waals surface area contributed by atoms with Gasteiger partial charge in [-0.3, -0.25) is 4.74 Å². The molecule has 2 fully saturated rings. The lowest BCUT2D eigenvalue weighted by Crippen LogP contribution is -2.38. The maximum absolute atomic E-state index is 14.9. The zero-order valence-corrected chi connectivity index (χ0v) is 23.2. The van der Waals surface area contributed by atoms with Crippen molar-refractivity contribution in [2.75, 3.05) is 0 Å². The van der Waals surface area contributed by atoms with Crippen LogP contribution in [0.25, 0.3) is 0 Å². The first-order chi connectivity index (χ1) is 19.4. The maximum Gasteiger partial charge on any atom is 0.432 e. The molecule has 4 rings (SSSR count). The standard InChI is InChI=1S/C31H38F8O2/c1-2-3-4-5-19-6-8-20(9-7-19)21-10-12-22(13-11-21)23-16-25(32)28(26(33)17-23)31(38,39)40-24-14-15-30(37,27(34)18-24)41-29(35)36/h14-22,27,29H,2-13H2,1H3. The quantitative estimate of drug-likeness (QED) is 0.187. The number of rotatable bonds is 11. The van der Waals surface area contributed by atoms with Crippen LogP contribution in [0.4, 0.5) is 35.1 Å². The van der Waals surface area contributed by atoms with Gasteiger partial charge in [-0.1, -0.05) is 45.4 Å². The first kappa shape index (κ1) is 31.8. The summed E-state index contributed by atoms with van der Waals surface area (Å²) < 4.78 is 120. The third kappa shape index (κ3) is 7.85. The smallest absolute Gasteiger partial charge is 0.429 e. The van der Waals surface area contributed by atoms with Crippen LogP contribution >= 0.6 is 0 Å². The Kier molecular flexibility index (Phi) is 10.5. The Labute approximate surface area is 236 Å². The summed E-state index contributed by atoms with van der Waals surface area (Å²) >= 11 is 0. The highest BCUT2D eigenvalue weighted by atomic mass is 19.3. The number of alkyl halides is 6. The predicted octanol–water partition coefficient (Wildman–Crippen LogP) is 10.4. The van der Waals surface area contributed by atoms with Crippen LogP contribution in [0.1, 0.15) is 101 Å². The molecule has 0 bridgehead atoms. The van der Waals surface area contributed by atoms with Crippen LogP contribution in [-0.4, -0.2) is 18.6 Å². The molecule has 0 radical (unpaired) electrons. The molecule has 10 heteroatoms. The summed E-state index contributed by atoms with van der Waals surface area (Å²) in [6.07, 6.45) is 6.59. The number of hydrogen-bond donors (Lipinski definition) is 0. The third-order valence-corrected chi connectivity index (χ3v) is 9.05. The third-order valence-electron chi connectivity index (χ3n) is 9.05. The summed E-state index contributed by atoms with van der Waals surface area (Å²) in [4.78, 5) is 0. The lowest BCUT2D eigenvalue weighted by molar-refractivity contribution is -0.257. The van der Waals surface area contributed by atoms with E-state index in [4.69, 9.17) is 0 Å². The van der Waals surface area contributed by atoms with Gasteiger partial charge < -0.3 is 4.74 Å². The summed E-state index contributed by atoms with van der Waals surface area (Å²) in [5, 5.41) is 0. The molecule has 3 aliphatic carbocycles. The molecular weight excluding hydrogens is 556 g/mol. The Morgan fingerprint density at radius 1 is 0.927 bits per heavy atom. The average Bonchev–Trinajstić information content (AvgIpc) is 2.90. The topological polar surface area (TPSA) is 18.5 Å². The van der Waals surface area contributed by atoms with Crippen LogP contribution in [0.3, 0.4) is 0 Å². The molecule has 0 aromatic heterocycles. The van der Waals surface area contributed by atoms with Gasteiger partial charge in [0.05, 0.1) is 0 Å². The van der Waals surface area contributed by atoms with Crippen LogP contribution in [0.2, 0.25) is 0 Å². The lowest BCUT2D eigenvalue weighted by Gasteiger charge is -2.38. The normalized spacial score (nSPS) is 30.9. The first-order valence-electron chi connectivity index (χ1n) is 14.7. The van der Waals surface area contributed by atoms with E-state index in [2.05, 4.69) is 16.4 Å². The molecule has 3 aliphatic rings. The highest BCUT2D eigenvalue weighted by Crippen LogP contribution is 2.46. The highest BCUT2D eigenvalue weighted by molar-refractivity contribution is 5.32. The molecule has 0 spiro atoms. The molecule has 41 heavy (non-hydrogen) atoms. The van der Waals surface area contributed by atoms with Crippen LogP contribution in [0.15, 0.2) is 36.1 Å². The van der Waals surface area contributed by atoms with E-state index >= 15 is 0 Å². The van der Waals surface area contributed by atoms with Crippen molar-refractivity contribution in [3.05, 3.63) is 58.9 Å². The molecule has 0 amide bonds. The largest absolute Gasteiger partial charge is 0.432 e. The van der Waals surface area contributed by atoms with Gasteiger partial charge in [-0.15, -0.1) is 0 Å². The zero-order valence-electron chi connectivity index (χ0n) is 23.2. The van der Waals surface area contributed by atoms with Crippen molar-refractivity contribution in [2.45, 2.75) is 115 Å². The highest BCUT2D eigenvalue weighted by Gasteiger charge is 2.46. The molecule has 2 unspecified atom stereocenters. The first-order valence-corrected chi connectivity index (χ1v) is 14.7. The van der Waals surface area contributed by atoms with E-state index in [9.17, 15) is 35.1 Å². The summed E-state index contributed by atoms with van der Waals surface area (Å²) in [5.74, 6) is -5.74. The van der Waals surface area contributed by atoms with E-state index < -0.39 is 47.7 Å².